The highest BCUT2D eigenvalue weighted by atomic mass is 35.5. The number of benzene rings is 1. The average molecular weight is 401 g/mol. The molecule has 1 aromatic rings. The largest absolute Gasteiger partial charge is 0.493 e. The van der Waals surface area contributed by atoms with E-state index in [0.29, 0.717) is 23.8 Å². The van der Waals surface area contributed by atoms with Crippen molar-refractivity contribution in [2.24, 2.45) is 4.99 Å². The van der Waals surface area contributed by atoms with Crippen LogP contribution in [0.4, 0.5) is 13.2 Å². The summed E-state index contributed by atoms with van der Waals surface area (Å²) in [6, 6.07) is 3.61. The average Bonchev–Trinajstić information content (AvgIpc) is 2.99. The van der Waals surface area contributed by atoms with Crippen LogP contribution in [0.3, 0.4) is 0 Å². The van der Waals surface area contributed by atoms with E-state index in [1.807, 2.05) is 31.0 Å². The predicted octanol–water partition coefficient (Wildman–Crippen LogP) is 5.30. The Labute approximate surface area is 163 Å². The first kappa shape index (κ1) is 21.4. The smallest absolute Gasteiger partial charge is 0.416 e. The molecule has 0 aliphatic carbocycles. The summed E-state index contributed by atoms with van der Waals surface area (Å²) in [6.45, 7) is 4.54. The van der Waals surface area contributed by atoms with Gasteiger partial charge < -0.3 is 9.64 Å². The van der Waals surface area contributed by atoms with Crippen LogP contribution < -0.4 is 4.74 Å². The van der Waals surface area contributed by atoms with Gasteiger partial charge in [-0.15, -0.1) is 11.6 Å². The fourth-order valence-corrected chi connectivity index (χ4v) is 3.21. The van der Waals surface area contributed by atoms with E-state index in [2.05, 4.69) is 11.1 Å². The first-order chi connectivity index (χ1) is 12.8. The Morgan fingerprint density at radius 2 is 2.11 bits per heavy atom. The lowest BCUT2D eigenvalue weighted by molar-refractivity contribution is -0.137. The van der Waals surface area contributed by atoms with Crippen LogP contribution in [-0.4, -0.2) is 42.9 Å². The minimum atomic E-state index is -4.41. The van der Waals surface area contributed by atoms with Gasteiger partial charge in [0.25, 0.3) is 0 Å². The Balaban J connectivity index is 2.29. The number of aliphatic imine (C=N–C) groups is 1. The van der Waals surface area contributed by atoms with Gasteiger partial charge in [0, 0.05) is 12.9 Å². The molecule has 148 valence electrons. The SMILES string of the molecule is C/C=C(\C/C=C\CCl)C1CN=C(c2ccc(C(F)(F)F)cc2OCC)N1C. The number of ether oxygens (including phenoxy) is 1. The van der Waals surface area contributed by atoms with Gasteiger partial charge in [0.1, 0.15) is 11.6 Å². The second kappa shape index (κ2) is 9.31. The summed E-state index contributed by atoms with van der Waals surface area (Å²) in [5.41, 5.74) is 1.02. The molecule has 1 unspecified atom stereocenters. The summed E-state index contributed by atoms with van der Waals surface area (Å²) in [7, 11) is 1.90. The van der Waals surface area contributed by atoms with E-state index < -0.39 is 11.7 Å². The Morgan fingerprint density at radius 1 is 1.37 bits per heavy atom. The molecule has 2 rings (SSSR count). The van der Waals surface area contributed by atoms with Crippen LogP contribution in [0.5, 0.6) is 5.75 Å². The lowest BCUT2D eigenvalue weighted by atomic mass is 10.0. The molecule has 0 saturated carbocycles. The molecule has 0 saturated heterocycles. The van der Waals surface area contributed by atoms with Crippen LogP contribution in [0, 0.1) is 0 Å². The van der Waals surface area contributed by atoms with E-state index in [-0.39, 0.29) is 18.4 Å². The van der Waals surface area contributed by atoms with Crippen molar-refractivity contribution >= 4 is 17.4 Å². The number of likely N-dealkylation sites (N-methyl/N-ethyl adjacent to an activating group) is 1. The van der Waals surface area contributed by atoms with Gasteiger partial charge in [-0.1, -0.05) is 18.2 Å². The van der Waals surface area contributed by atoms with Crippen molar-refractivity contribution < 1.29 is 17.9 Å². The fraction of sp³-hybridized carbons (Fsp3) is 0.450. The Kier molecular flexibility index (Phi) is 7.36. The molecule has 3 nitrogen and oxygen atoms in total. The van der Waals surface area contributed by atoms with Gasteiger partial charge in [0.15, 0.2) is 0 Å². The maximum atomic E-state index is 13.0. The van der Waals surface area contributed by atoms with Crippen LogP contribution in [-0.2, 0) is 6.18 Å². The molecule has 0 radical (unpaired) electrons. The van der Waals surface area contributed by atoms with Crippen LogP contribution >= 0.6 is 11.6 Å². The second-order valence-electron chi connectivity index (χ2n) is 6.13. The van der Waals surface area contributed by atoms with Crippen molar-refractivity contribution in [2.75, 3.05) is 26.1 Å². The normalized spacial score (nSPS) is 18.3. The maximum Gasteiger partial charge on any atom is 0.416 e. The predicted molar refractivity (Wildman–Crippen MR) is 104 cm³/mol. The number of hydrogen-bond acceptors (Lipinski definition) is 3. The molecule has 0 fully saturated rings. The fourth-order valence-electron chi connectivity index (χ4n) is 3.08. The number of amidine groups is 1. The molecule has 0 aromatic heterocycles. The van der Waals surface area contributed by atoms with Gasteiger partial charge in [-0.3, -0.25) is 4.99 Å². The van der Waals surface area contributed by atoms with Crippen molar-refractivity contribution in [1.82, 2.24) is 4.90 Å². The standard InChI is InChI=1S/C20H24ClF3N2O/c1-4-14(8-6-7-11-21)17-13-25-19(26(17)3)16-10-9-15(20(22,23)24)12-18(16)27-5-2/h4,6-7,9-10,12,17H,5,8,11,13H2,1-3H3/b7-6-,14-4+. The first-order valence-corrected chi connectivity index (χ1v) is 9.34. The van der Waals surface area contributed by atoms with Gasteiger partial charge in [0.05, 0.1) is 30.3 Å². The highest BCUT2D eigenvalue weighted by Gasteiger charge is 2.33. The third kappa shape index (κ3) is 5.06. The zero-order valence-electron chi connectivity index (χ0n) is 15.7. The topological polar surface area (TPSA) is 24.8 Å². The molecule has 1 aliphatic rings. The first-order valence-electron chi connectivity index (χ1n) is 8.81. The minimum absolute atomic E-state index is 0.0572. The number of hydrogen-bond donors (Lipinski definition) is 0. The van der Waals surface area contributed by atoms with Gasteiger partial charge in [-0.2, -0.15) is 13.2 Å². The van der Waals surface area contributed by atoms with Gasteiger partial charge >= 0.3 is 6.18 Å². The molecular formula is C20H24ClF3N2O. The Morgan fingerprint density at radius 3 is 2.70 bits per heavy atom. The van der Waals surface area contributed by atoms with Crippen LogP contribution in [0.25, 0.3) is 0 Å². The second-order valence-corrected chi connectivity index (χ2v) is 6.43. The highest BCUT2D eigenvalue weighted by Crippen LogP contribution is 2.35. The van der Waals surface area contributed by atoms with E-state index in [4.69, 9.17) is 16.3 Å². The van der Waals surface area contributed by atoms with Crippen molar-refractivity contribution in [3.63, 3.8) is 0 Å². The van der Waals surface area contributed by atoms with Crippen LogP contribution in [0.1, 0.15) is 31.4 Å². The summed E-state index contributed by atoms with van der Waals surface area (Å²) in [4.78, 5) is 6.59. The third-order valence-electron chi connectivity index (χ3n) is 4.47. The molecule has 1 aromatic carbocycles. The van der Waals surface area contributed by atoms with Gasteiger partial charge in [-0.25, -0.2) is 0 Å². The van der Waals surface area contributed by atoms with E-state index in [1.165, 1.54) is 11.6 Å². The minimum Gasteiger partial charge on any atom is -0.493 e. The Bertz CT molecular complexity index is 741. The molecule has 27 heavy (non-hydrogen) atoms. The third-order valence-corrected chi connectivity index (χ3v) is 4.65. The molecule has 7 heteroatoms. The number of alkyl halides is 4. The summed E-state index contributed by atoms with van der Waals surface area (Å²) >= 11 is 5.68. The van der Waals surface area contributed by atoms with Gasteiger partial charge in [0.2, 0.25) is 0 Å². The summed E-state index contributed by atoms with van der Waals surface area (Å²) in [6.07, 6.45) is 2.30. The van der Waals surface area contributed by atoms with Crippen molar-refractivity contribution in [3.05, 3.63) is 53.1 Å². The monoisotopic (exact) mass is 400 g/mol. The zero-order valence-corrected chi connectivity index (χ0v) is 16.4. The summed E-state index contributed by atoms with van der Waals surface area (Å²) in [5.74, 6) is 1.29. The molecule has 1 heterocycles. The molecule has 0 N–H and O–H groups in total. The molecule has 0 bridgehead atoms. The molecule has 0 spiro atoms. The zero-order chi connectivity index (χ0) is 20.0. The Hall–Kier alpha value is -1.95. The quantitative estimate of drug-likeness (QED) is 0.458. The van der Waals surface area contributed by atoms with Crippen molar-refractivity contribution in [1.29, 1.82) is 0 Å². The van der Waals surface area contributed by atoms with E-state index >= 15 is 0 Å². The maximum absolute atomic E-state index is 13.0. The van der Waals surface area contributed by atoms with Gasteiger partial charge in [-0.05, 0) is 44.0 Å². The molecular weight excluding hydrogens is 377 g/mol. The number of halogens is 4. The lowest BCUT2D eigenvalue weighted by Crippen LogP contribution is -2.35. The highest BCUT2D eigenvalue weighted by molar-refractivity contribution is 6.18. The lowest BCUT2D eigenvalue weighted by Gasteiger charge is -2.26. The van der Waals surface area contributed by atoms with Crippen molar-refractivity contribution in [2.45, 2.75) is 32.5 Å². The molecule has 1 aliphatic heterocycles. The summed E-state index contributed by atoms with van der Waals surface area (Å²) in [5, 5.41) is 0. The molecule has 1 atom stereocenters. The van der Waals surface area contributed by atoms with Crippen LogP contribution in [0.2, 0.25) is 0 Å². The summed E-state index contributed by atoms with van der Waals surface area (Å²) < 4.78 is 44.6. The van der Waals surface area contributed by atoms with Crippen molar-refractivity contribution in [3.8, 4) is 5.75 Å². The van der Waals surface area contributed by atoms with E-state index in [0.717, 1.165) is 18.6 Å². The number of nitrogens with zero attached hydrogens (tertiary/aromatic N) is 2. The number of rotatable bonds is 7. The van der Waals surface area contributed by atoms with E-state index in [1.54, 1.807) is 6.92 Å². The van der Waals surface area contributed by atoms with E-state index in [9.17, 15) is 13.2 Å². The molecule has 0 amide bonds. The van der Waals surface area contributed by atoms with Crippen LogP contribution in [0.15, 0.2) is 47.0 Å². The number of allylic oxidation sites excluding steroid dienone is 3.